The maximum Gasteiger partial charge on any atom is 0.204 e. The molecule has 1 aliphatic heterocycles. The fourth-order valence-electron chi connectivity index (χ4n) is 2.59. The first kappa shape index (κ1) is 15.8. The molecule has 6 heteroatoms. The molecular weight excluding hydrogens is 268 g/mol. The van der Waals surface area contributed by atoms with Crippen molar-refractivity contribution >= 4 is 11.6 Å². The molecule has 2 heterocycles. The van der Waals surface area contributed by atoms with Crippen LogP contribution in [0.3, 0.4) is 0 Å². The van der Waals surface area contributed by atoms with Gasteiger partial charge >= 0.3 is 0 Å². The van der Waals surface area contributed by atoms with Crippen LogP contribution in [0.2, 0.25) is 0 Å². The third-order valence-electron chi connectivity index (χ3n) is 3.59. The van der Waals surface area contributed by atoms with Crippen LogP contribution in [-0.4, -0.2) is 41.9 Å². The van der Waals surface area contributed by atoms with Gasteiger partial charge in [-0.25, -0.2) is 9.97 Å². The van der Waals surface area contributed by atoms with Gasteiger partial charge in [-0.15, -0.1) is 0 Å². The lowest BCUT2D eigenvalue weighted by Crippen LogP contribution is -2.40. The molecule has 118 valence electrons. The SMILES string of the molecule is CCCNc1ncnc(NC2CCOC(C)(C)C2)c1OC. The predicted octanol–water partition coefficient (Wildman–Crippen LogP) is 2.68. The highest BCUT2D eigenvalue weighted by atomic mass is 16.5. The van der Waals surface area contributed by atoms with Gasteiger partial charge in [0.2, 0.25) is 5.75 Å². The highest BCUT2D eigenvalue weighted by molar-refractivity contribution is 5.63. The Morgan fingerprint density at radius 2 is 2.14 bits per heavy atom. The largest absolute Gasteiger partial charge is 0.490 e. The van der Waals surface area contributed by atoms with Crippen LogP contribution in [-0.2, 0) is 4.74 Å². The Morgan fingerprint density at radius 3 is 2.81 bits per heavy atom. The number of anilines is 2. The Hall–Kier alpha value is -1.56. The van der Waals surface area contributed by atoms with E-state index in [1.54, 1.807) is 13.4 Å². The van der Waals surface area contributed by atoms with E-state index in [0.29, 0.717) is 11.8 Å². The van der Waals surface area contributed by atoms with Gasteiger partial charge in [0.25, 0.3) is 0 Å². The van der Waals surface area contributed by atoms with Crippen LogP contribution in [0.15, 0.2) is 6.33 Å². The van der Waals surface area contributed by atoms with Crippen molar-refractivity contribution in [1.29, 1.82) is 0 Å². The minimum Gasteiger partial charge on any atom is -0.490 e. The average molecular weight is 294 g/mol. The Bertz CT molecular complexity index is 465. The van der Waals surface area contributed by atoms with Gasteiger partial charge in [0.15, 0.2) is 11.6 Å². The summed E-state index contributed by atoms with van der Waals surface area (Å²) in [7, 11) is 1.65. The second-order valence-electron chi connectivity index (χ2n) is 5.97. The fourth-order valence-corrected chi connectivity index (χ4v) is 2.59. The zero-order valence-corrected chi connectivity index (χ0v) is 13.4. The first-order valence-electron chi connectivity index (χ1n) is 7.59. The van der Waals surface area contributed by atoms with E-state index in [4.69, 9.17) is 9.47 Å². The number of ether oxygens (including phenoxy) is 2. The van der Waals surface area contributed by atoms with Crippen molar-refractivity contribution in [2.45, 2.75) is 51.7 Å². The first-order chi connectivity index (χ1) is 10.1. The normalized spacial score (nSPS) is 20.9. The molecule has 2 N–H and O–H groups in total. The number of aromatic nitrogens is 2. The third kappa shape index (κ3) is 4.20. The zero-order valence-electron chi connectivity index (χ0n) is 13.4. The molecule has 1 aliphatic rings. The van der Waals surface area contributed by atoms with Gasteiger partial charge < -0.3 is 20.1 Å². The summed E-state index contributed by atoms with van der Waals surface area (Å²) in [5, 5.41) is 6.74. The Morgan fingerprint density at radius 1 is 1.38 bits per heavy atom. The molecule has 1 saturated heterocycles. The molecule has 0 radical (unpaired) electrons. The average Bonchev–Trinajstić information content (AvgIpc) is 2.44. The molecule has 0 spiro atoms. The third-order valence-corrected chi connectivity index (χ3v) is 3.59. The van der Waals surface area contributed by atoms with Crippen LogP contribution < -0.4 is 15.4 Å². The number of nitrogens with zero attached hydrogens (tertiary/aromatic N) is 2. The quantitative estimate of drug-likeness (QED) is 0.840. The molecular formula is C15H26N4O2. The summed E-state index contributed by atoms with van der Waals surface area (Å²) < 4.78 is 11.2. The van der Waals surface area contributed by atoms with E-state index in [2.05, 4.69) is 41.4 Å². The van der Waals surface area contributed by atoms with Gasteiger partial charge in [0.05, 0.1) is 12.7 Å². The molecule has 0 saturated carbocycles. The molecule has 1 aromatic rings. The van der Waals surface area contributed by atoms with Crippen molar-refractivity contribution in [1.82, 2.24) is 9.97 Å². The molecule has 1 unspecified atom stereocenters. The Labute approximate surface area is 126 Å². The number of methoxy groups -OCH3 is 1. The van der Waals surface area contributed by atoms with Gasteiger partial charge in [-0.2, -0.15) is 0 Å². The predicted molar refractivity (Wildman–Crippen MR) is 84.0 cm³/mol. The topological polar surface area (TPSA) is 68.3 Å². The Kier molecular flexibility index (Phi) is 5.22. The van der Waals surface area contributed by atoms with E-state index in [-0.39, 0.29) is 5.60 Å². The van der Waals surface area contributed by atoms with Crippen LogP contribution in [0.5, 0.6) is 5.75 Å². The minimum absolute atomic E-state index is 0.0977. The molecule has 0 aromatic carbocycles. The molecule has 1 fully saturated rings. The maximum absolute atomic E-state index is 5.75. The van der Waals surface area contributed by atoms with Crippen LogP contribution in [0.4, 0.5) is 11.6 Å². The molecule has 0 amide bonds. The van der Waals surface area contributed by atoms with Gasteiger partial charge in [0.1, 0.15) is 6.33 Å². The maximum atomic E-state index is 5.75. The van der Waals surface area contributed by atoms with Gasteiger partial charge in [0, 0.05) is 19.2 Å². The first-order valence-corrected chi connectivity index (χ1v) is 7.59. The monoisotopic (exact) mass is 294 g/mol. The van der Waals surface area contributed by atoms with Crippen molar-refractivity contribution in [2.75, 3.05) is 30.9 Å². The lowest BCUT2D eigenvalue weighted by atomic mass is 9.94. The summed E-state index contributed by atoms with van der Waals surface area (Å²) in [4.78, 5) is 8.59. The highest BCUT2D eigenvalue weighted by Gasteiger charge is 2.29. The van der Waals surface area contributed by atoms with E-state index in [9.17, 15) is 0 Å². The molecule has 6 nitrogen and oxygen atoms in total. The van der Waals surface area contributed by atoms with Crippen LogP contribution >= 0.6 is 0 Å². The summed E-state index contributed by atoms with van der Waals surface area (Å²) in [6.07, 6.45) is 4.50. The van der Waals surface area contributed by atoms with Crippen molar-refractivity contribution in [3.63, 3.8) is 0 Å². The standard InChI is InChI=1S/C15H26N4O2/c1-5-7-16-13-12(20-4)14(18-10-17-13)19-11-6-8-21-15(2,3)9-11/h10-11H,5-9H2,1-4H3,(H2,16,17,18,19). The van der Waals surface area contributed by atoms with E-state index in [0.717, 1.165) is 44.0 Å². The van der Waals surface area contributed by atoms with E-state index in [1.807, 2.05) is 0 Å². The number of nitrogens with one attached hydrogen (secondary N) is 2. The lowest BCUT2D eigenvalue weighted by Gasteiger charge is -2.36. The molecule has 1 aromatic heterocycles. The fraction of sp³-hybridized carbons (Fsp3) is 0.733. The smallest absolute Gasteiger partial charge is 0.204 e. The molecule has 21 heavy (non-hydrogen) atoms. The van der Waals surface area contributed by atoms with Crippen LogP contribution in [0.25, 0.3) is 0 Å². The molecule has 2 rings (SSSR count). The van der Waals surface area contributed by atoms with Gasteiger partial charge in [-0.1, -0.05) is 6.92 Å². The summed E-state index contributed by atoms with van der Waals surface area (Å²) in [6.45, 7) is 7.97. The van der Waals surface area contributed by atoms with Crippen molar-refractivity contribution in [3.05, 3.63) is 6.33 Å². The minimum atomic E-state index is -0.0977. The number of rotatable bonds is 6. The summed E-state index contributed by atoms with van der Waals surface area (Å²) in [6, 6.07) is 0.330. The lowest BCUT2D eigenvalue weighted by molar-refractivity contribution is -0.0553. The van der Waals surface area contributed by atoms with Crippen LogP contribution in [0, 0.1) is 0 Å². The molecule has 0 aliphatic carbocycles. The summed E-state index contributed by atoms with van der Waals surface area (Å²) >= 11 is 0. The van der Waals surface area contributed by atoms with Gasteiger partial charge in [-0.3, -0.25) is 0 Å². The summed E-state index contributed by atoms with van der Waals surface area (Å²) in [5.41, 5.74) is -0.0977. The highest BCUT2D eigenvalue weighted by Crippen LogP contribution is 2.32. The van der Waals surface area contributed by atoms with Crippen molar-refractivity contribution in [2.24, 2.45) is 0 Å². The van der Waals surface area contributed by atoms with Gasteiger partial charge in [-0.05, 0) is 33.1 Å². The number of hydrogen-bond acceptors (Lipinski definition) is 6. The molecule has 0 bridgehead atoms. The second kappa shape index (κ2) is 6.93. The zero-order chi connectivity index (χ0) is 15.3. The van der Waals surface area contributed by atoms with E-state index in [1.165, 1.54) is 0 Å². The second-order valence-corrected chi connectivity index (χ2v) is 5.97. The van der Waals surface area contributed by atoms with E-state index < -0.39 is 0 Å². The van der Waals surface area contributed by atoms with E-state index >= 15 is 0 Å². The molecule has 1 atom stereocenters. The van der Waals surface area contributed by atoms with Crippen LogP contribution in [0.1, 0.15) is 40.0 Å². The Balaban J connectivity index is 2.11. The van der Waals surface area contributed by atoms with Crippen molar-refractivity contribution in [3.8, 4) is 5.75 Å². The summed E-state index contributed by atoms with van der Waals surface area (Å²) in [5.74, 6) is 2.16. The van der Waals surface area contributed by atoms with Crippen molar-refractivity contribution < 1.29 is 9.47 Å². The number of hydrogen-bond donors (Lipinski definition) is 2.